The van der Waals surface area contributed by atoms with Crippen LogP contribution in [0.25, 0.3) is 0 Å². The minimum Gasteiger partial charge on any atom is -0.508 e. The second-order valence-electron chi connectivity index (χ2n) is 3.60. The lowest BCUT2D eigenvalue weighted by Crippen LogP contribution is -2.38. The van der Waals surface area contributed by atoms with E-state index in [1.807, 2.05) is 0 Å². The Bertz CT molecular complexity index is 401. The summed E-state index contributed by atoms with van der Waals surface area (Å²) in [4.78, 5) is 0. The molecule has 2 atom stereocenters. The molecule has 0 radical (unpaired) electrons. The SMILES string of the molecule is Cl.N[C@@H](C[C@@H](O)c1cc(Cl)ccc1O)C(F)(F)F. The van der Waals surface area contributed by atoms with Crippen molar-refractivity contribution in [3.63, 3.8) is 0 Å². The predicted octanol–water partition coefficient (Wildman–Crippen LogP) is 2.78. The number of rotatable bonds is 3. The lowest BCUT2D eigenvalue weighted by Gasteiger charge is -2.19. The van der Waals surface area contributed by atoms with Crippen LogP contribution in [0.4, 0.5) is 13.2 Å². The zero-order valence-electron chi connectivity index (χ0n) is 8.99. The van der Waals surface area contributed by atoms with Gasteiger partial charge in [-0.05, 0) is 18.2 Å². The standard InChI is InChI=1S/C10H11ClF3NO2.ClH/c11-5-1-2-7(16)6(3-5)8(17)4-9(15)10(12,13)14;/h1-3,8-9,16-17H,4,15H2;1H/t8-,9+;/m1./s1. The molecule has 3 nitrogen and oxygen atoms in total. The zero-order valence-corrected chi connectivity index (χ0v) is 10.6. The number of nitrogens with two attached hydrogens (primary N) is 1. The molecule has 0 aromatic heterocycles. The van der Waals surface area contributed by atoms with E-state index in [9.17, 15) is 23.4 Å². The molecule has 0 bridgehead atoms. The Kier molecular flexibility index (Phi) is 6.22. The number of phenolic OH excluding ortho intramolecular Hbond substituents is 1. The van der Waals surface area contributed by atoms with Crippen molar-refractivity contribution in [2.24, 2.45) is 5.73 Å². The third-order valence-corrected chi connectivity index (χ3v) is 2.48. The normalized spacial score (nSPS) is 14.8. The first-order valence-corrected chi connectivity index (χ1v) is 5.08. The van der Waals surface area contributed by atoms with Crippen molar-refractivity contribution < 1.29 is 23.4 Å². The van der Waals surface area contributed by atoms with Gasteiger partial charge in [-0.1, -0.05) is 11.6 Å². The van der Waals surface area contributed by atoms with Crippen LogP contribution in [0.2, 0.25) is 5.02 Å². The molecule has 0 amide bonds. The van der Waals surface area contributed by atoms with Gasteiger partial charge in [0.05, 0.1) is 6.10 Å². The second kappa shape index (κ2) is 6.47. The Morgan fingerprint density at radius 1 is 1.33 bits per heavy atom. The third-order valence-electron chi connectivity index (χ3n) is 2.25. The van der Waals surface area contributed by atoms with Crippen molar-refractivity contribution in [3.05, 3.63) is 28.8 Å². The van der Waals surface area contributed by atoms with Gasteiger partial charge in [0.1, 0.15) is 11.8 Å². The Morgan fingerprint density at radius 3 is 2.39 bits per heavy atom. The third kappa shape index (κ3) is 4.53. The van der Waals surface area contributed by atoms with Crippen molar-refractivity contribution in [3.8, 4) is 5.75 Å². The molecule has 1 aromatic carbocycles. The average Bonchev–Trinajstić information content (AvgIpc) is 2.20. The van der Waals surface area contributed by atoms with Gasteiger partial charge in [0.2, 0.25) is 0 Å². The quantitative estimate of drug-likeness (QED) is 0.804. The van der Waals surface area contributed by atoms with Gasteiger partial charge in [-0.25, -0.2) is 0 Å². The molecule has 0 aliphatic rings. The zero-order chi connectivity index (χ0) is 13.2. The van der Waals surface area contributed by atoms with Gasteiger partial charge in [-0.2, -0.15) is 13.2 Å². The van der Waals surface area contributed by atoms with Crippen LogP contribution in [0, 0.1) is 0 Å². The van der Waals surface area contributed by atoms with Crippen molar-refractivity contribution in [2.75, 3.05) is 0 Å². The van der Waals surface area contributed by atoms with E-state index in [0.29, 0.717) is 0 Å². The Hall–Kier alpha value is -0.690. The first-order valence-electron chi connectivity index (χ1n) is 4.70. The first kappa shape index (κ1) is 17.3. The molecule has 18 heavy (non-hydrogen) atoms. The van der Waals surface area contributed by atoms with E-state index < -0.39 is 24.7 Å². The minimum atomic E-state index is -4.59. The van der Waals surface area contributed by atoms with Gasteiger partial charge in [0.15, 0.2) is 0 Å². The fourth-order valence-corrected chi connectivity index (χ4v) is 1.47. The molecule has 0 aliphatic heterocycles. The molecule has 4 N–H and O–H groups in total. The maximum atomic E-state index is 12.2. The van der Waals surface area contributed by atoms with Crippen LogP contribution in [0.5, 0.6) is 5.75 Å². The monoisotopic (exact) mass is 305 g/mol. The maximum Gasteiger partial charge on any atom is 0.403 e. The topological polar surface area (TPSA) is 66.5 Å². The number of aliphatic hydroxyl groups excluding tert-OH is 1. The summed E-state index contributed by atoms with van der Waals surface area (Å²) in [5.41, 5.74) is 4.81. The lowest BCUT2D eigenvalue weighted by molar-refractivity contribution is -0.153. The van der Waals surface area contributed by atoms with Crippen LogP contribution >= 0.6 is 24.0 Å². The highest BCUT2D eigenvalue weighted by Gasteiger charge is 2.38. The number of aliphatic hydroxyl groups is 1. The van der Waals surface area contributed by atoms with Gasteiger partial charge >= 0.3 is 6.18 Å². The van der Waals surface area contributed by atoms with E-state index in [2.05, 4.69) is 0 Å². The summed E-state index contributed by atoms with van der Waals surface area (Å²) in [6.07, 6.45) is -6.85. The summed E-state index contributed by atoms with van der Waals surface area (Å²) in [6.45, 7) is 0. The molecule has 0 saturated carbocycles. The molecule has 1 aromatic rings. The van der Waals surface area contributed by atoms with Gasteiger partial charge in [0.25, 0.3) is 0 Å². The first-order chi connectivity index (χ1) is 7.71. The number of hydrogen-bond acceptors (Lipinski definition) is 3. The van der Waals surface area contributed by atoms with E-state index in [-0.39, 0.29) is 28.7 Å². The lowest BCUT2D eigenvalue weighted by atomic mass is 10.0. The van der Waals surface area contributed by atoms with Gasteiger partial charge in [-0.3, -0.25) is 0 Å². The number of hydrogen-bond donors (Lipinski definition) is 3. The molecule has 0 unspecified atom stereocenters. The highest BCUT2D eigenvalue weighted by molar-refractivity contribution is 6.30. The number of aromatic hydroxyl groups is 1. The summed E-state index contributed by atoms with van der Waals surface area (Å²) in [6, 6.07) is 1.59. The summed E-state index contributed by atoms with van der Waals surface area (Å²) in [5.74, 6) is -0.323. The Balaban J connectivity index is 0.00000289. The van der Waals surface area contributed by atoms with Crippen molar-refractivity contribution in [2.45, 2.75) is 24.7 Å². The molecule has 0 saturated heterocycles. The second-order valence-corrected chi connectivity index (χ2v) is 4.04. The van der Waals surface area contributed by atoms with E-state index in [0.717, 1.165) is 0 Å². The van der Waals surface area contributed by atoms with Crippen LogP contribution in [0.3, 0.4) is 0 Å². The van der Waals surface area contributed by atoms with Crippen molar-refractivity contribution in [1.82, 2.24) is 0 Å². The summed E-state index contributed by atoms with van der Waals surface area (Å²) in [5, 5.41) is 19.1. The number of halogens is 5. The summed E-state index contributed by atoms with van der Waals surface area (Å²) in [7, 11) is 0. The van der Waals surface area contributed by atoms with Crippen LogP contribution < -0.4 is 5.73 Å². The fraction of sp³-hybridized carbons (Fsp3) is 0.400. The highest BCUT2D eigenvalue weighted by atomic mass is 35.5. The molecular weight excluding hydrogens is 294 g/mol. The maximum absolute atomic E-state index is 12.2. The van der Waals surface area contributed by atoms with Gasteiger partial charge in [-0.15, -0.1) is 12.4 Å². The molecule has 1 rings (SSSR count). The Morgan fingerprint density at radius 2 is 1.89 bits per heavy atom. The van der Waals surface area contributed by atoms with Crippen LogP contribution in [-0.2, 0) is 0 Å². The van der Waals surface area contributed by atoms with Crippen molar-refractivity contribution in [1.29, 1.82) is 0 Å². The molecular formula is C10H12Cl2F3NO2. The van der Waals surface area contributed by atoms with E-state index in [1.165, 1.54) is 18.2 Å². The predicted molar refractivity (Wildman–Crippen MR) is 64.0 cm³/mol. The molecule has 0 fully saturated rings. The molecule has 0 heterocycles. The molecule has 104 valence electrons. The highest BCUT2D eigenvalue weighted by Crippen LogP contribution is 2.32. The number of benzene rings is 1. The average molecular weight is 306 g/mol. The van der Waals surface area contributed by atoms with Crippen LogP contribution in [-0.4, -0.2) is 22.4 Å². The largest absolute Gasteiger partial charge is 0.508 e. The molecule has 0 aliphatic carbocycles. The minimum absolute atomic E-state index is 0. The number of alkyl halides is 3. The molecule has 0 spiro atoms. The Labute approximate surface area is 113 Å². The van der Waals surface area contributed by atoms with Gasteiger partial charge in [0, 0.05) is 17.0 Å². The number of phenols is 1. The van der Waals surface area contributed by atoms with E-state index >= 15 is 0 Å². The van der Waals surface area contributed by atoms with E-state index in [4.69, 9.17) is 17.3 Å². The van der Waals surface area contributed by atoms with Gasteiger partial charge < -0.3 is 15.9 Å². The smallest absolute Gasteiger partial charge is 0.403 e. The van der Waals surface area contributed by atoms with Crippen molar-refractivity contribution >= 4 is 24.0 Å². The van der Waals surface area contributed by atoms with Crippen LogP contribution in [0.1, 0.15) is 18.1 Å². The summed E-state index contributed by atoms with van der Waals surface area (Å²) < 4.78 is 36.5. The molecule has 8 heteroatoms. The fourth-order valence-electron chi connectivity index (χ4n) is 1.29. The van der Waals surface area contributed by atoms with Crippen LogP contribution in [0.15, 0.2) is 18.2 Å². The van der Waals surface area contributed by atoms with E-state index in [1.54, 1.807) is 0 Å². The summed E-state index contributed by atoms with van der Waals surface area (Å²) >= 11 is 5.61.